The molecule has 0 amide bonds. The summed E-state index contributed by atoms with van der Waals surface area (Å²) in [5.41, 5.74) is 0.354. The summed E-state index contributed by atoms with van der Waals surface area (Å²) in [6.07, 6.45) is 1.85. The maximum absolute atomic E-state index is 11.5. The molecule has 0 radical (unpaired) electrons. The fourth-order valence-corrected chi connectivity index (χ4v) is 2.55. The highest BCUT2D eigenvalue weighted by Crippen LogP contribution is 2.35. The van der Waals surface area contributed by atoms with E-state index >= 15 is 0 Å². The van der Waals surface area contributed by atoms with Crippen LogP contribution in [0.2, 0.25) is 10.0 Å². The van der Waals surface area contributed by atoms with Crippen LogP contribution < -0.4 is 0 Å². The standard InChI is InChI=1S/C10H10Cl2O2S/c1-3-14-10(13)6-4-5-7(11)9(15-2)8(6)12/h4-5H,3H2,1-2H3. The Morgan fingerprint density at radius 2 is 2.13 bits per heavy atom. The van der Waals surface area contributed by atoms with Gasteiger partial charge in [-0.1, -0.05) is 23.2 Å². The van der Waals surface area contributed by atoms with Gasteiger partial charge in [-0.05, 0) is 25.3 Å². The van der Waals surface area contributed by atoms with Crippen molar-refractivity contribution in [1.29, 1.82) is 0 Å². The number of halogens is 2. The molecule has 0 fully saturated rings. The van der Waals surface area contributed by atoms with Gasteiger partial charge in [-0.25, -0.2) is 4.79 Å². The molecule has 0 aliphatic heterocycles. The lowest BCUT2D eigenvalue weighted by Gasteiger charge is -2.08. The number of carbonyl (C=O) groups excluding carboxylic acids is 1. The Balaban J connectivity index is 3.15. The van der Waals surface area contributed by atoms with E-state index in [1.165, 1.54) is 11.8 Å². The first-order chi connectivity index (χ1) is 7.11. The monoisotopic (exact) mass is 264 g/mol. The predicted molar refractivity (Wildman–Crippen MR) is 64.2 cm³/mol. The first-order valence-corrected chi connectivity index (χ1v) is 6.29. The SMILES string of the molecule is CCOC(=O)c1ccc(Cl)c(SC)c1Cl. The van der Waals surface area contributed by atoms with Crippen molar-refractivity contribution in [1.82, 2.24) is 0 Å². The minimum atomic E-state index is -0.422. The lowest BCUT2D eigenvalue weighted by atomic mass is 10.2. The Morgan fingerprint density at radius 3 is 2.67 bits per heavy atom. The van der Waals surface area contributed by atoms with Gasteiger partial charge in [0.2, 0.25) is 0 Å². The predicted octanol–water partition coefficient (Wildman–Crippen LogP) is 3.89. The third-order valence-electron chi connectivity index (χ3n) is 1.75. The number of hydrogen-bond donors (Lipinski definition) is 0. The molecular weight excluding hydrogens is 255 g/mol. The van der Waals surface area contributed by atoms with Crippen LogP contribution in [0.4, 0.5) is 0 Å². The van der Waals surface area contributed by atoms with Gasteiger partial charge in [0.15, 0.2) is 0 Å². The third kappa shape index (κ3) is 2.80. The normalized spacial score (nSPS) is 10.1. The van der Waals surface area contributed by atoms with Gasteiger partial charge in [-0.15, -0.1) is 11.8 Å². The highest BCUT2D eigenvalue weighted by Gasteiger charge is 2.16. The second-order valence-electron chi connectivity index (χ2n) is 2.66. The number of carbonyl (C=O) groups is 1. The van der Waals surface area contributed by atoms with Crippen molar-refractivity contribution in [3.05, 3.63) is 27.7 Å². The van der Waals surface area contributed by atoms with E-state index in [1.807, 2.05) is 6.26 Å². The molecule has 0 aliphatic carbocycles. The Kier molecular flexibility index (Phi) is 4.77. The average Bonchev–Trinajstić information content (AvgIpc) is 2.18. The van der Waals surface area contributed by atoms with E-state index in [4.69, 9.17) is 27.9 Å². The lowest BCUT2D eigenvalue weighted by molar-refractivity contribution is 0.0526. The van der Waals surface area contributed by atoms with Crippen LogP contribution in [0.3, 0.4) is 0 Å². The minimum absolute atomic E-state index is 0.326. The van der Waals surface area contributed by atoms with E-state index in [9.17, 15) is 4.79 Å². The van der Waals surface area contributed by atoms with Crippen molar-refractivity contribution in [3.8, 4) is 0 Å². The molecule has 0 saturated carbocycles. The zero-order chi connectivity index (χ0) is 11.4. The van der Waals surface area contributed by atoms with Crippen LogP contribution in [0.5, 0.6) is 0 Å². The second-order valence-corrected chi connectivity index (χ2v) is 4.26. The molecule has 2 nitrogen and oxygen atoms in total. The minimum Gasteiger partial charge on any atom is -0.462 e. The quantitative estimate of drug-likeness (QED) is 0.612. The van der Waals surface area contributed by atoms with Crippen LogP contribution in [-0.2, 0) is 4.74 Å². The topological polar surface area (TPSA) is 26.3 Å². The summed E-state index contributed by atoms with van der Waals surface area (Å²) in [5.74, 6) is -0.422. The second kappa shape index (κ2) is 5.64. The summed E-state index contributed by atoms with van der Waals surface area (Å²) in [7, 11) is 0. The fraction of sp³-hybridized carbons (Fsp3) is 0.300. The van der Waals surface area contributed by atoms with Gasteiger partial charge >= 0.3 is 5.97 Å². The zero-order valence-electron chi connectivity index (χ0n) is 8.34. The Labute approximate surface area is 103 Å². The van der Waals surface area contributed by atoms with Crippen LogP contribution in [0.1, 0.15) is 17.3 Å². The first kappa shape index (κ1) is 12.7. The maximum atomic E-state index is 11.5. The Bertz CT molecular complexity index is 380. The van der Waals surface area contributed by atoms with Crippen LogP contribution in [0.15, 0.2) is 17.0 Å². The molecule has 0 atom stereocenters. The number of rotatable bonds is 3. The Morgan fingerprint density at radius 1 is 1.47 bits per heavy atom. The van der Waals surface area contributed by atoms with E-state index < -0.39 is 5.97 Å². The highest BCUT2D eigenvalue weighted by atomic mass is 35.5. The maximum Gasteiger partial charge on any atom is 0.339 e. The summed E-state index contributed by atoms with van der Waals surface area (Å²) >= 11 is 13.4. The summed E-state index contributed by atoms with van der Waals surface area (Å²) in [6, 6.07) is 3.22. The number of thioether (sulfide) groups is 1. The molecule has 15 heavy (non-hydrogen) atoms. The van der Waals surface area contributed by atoms with Gasteiger partial charge in [0.25, 0.3) is 0 Å². The molecule has 1 aromatic carbocycles. The molecule has 0 bridgehead atoms. The fourth-order valence-electron chi connectivity index (χ4n) is 1.09. The van der Waals surface area contributed by atoms with Gasteiger partial charge in [0.1, 0.15) is 0 Å². The van der Waals surface area contributed by atoms with Crippen molar-refractivity contribution in [2.45, 2.75) is 11.8 Å². The number of benzene rings is 1. The van der Waals surface area contributed by atoms with Crippen molar-refractivity contribution in [2.24, 2.45) is 0 Å². The van der Waals surface area contributed by atoms with Crippen molar-refractivity contribution in [2.75, 3.05) is 12.9 Å². The molecule has 0 spiro atoms. The molecule has 0 aromatic heterocycles. The molecule has 0 unspecified atom stereocenters. The van der Waals surface area contributed by atoms with Gasteiger partial charge in [0, 0.05) is 4.90 Å². The number of ether oxygens (including phenoxy) is 1. The smallest absolute Gasteiger partial charge is 0.339 e. The van der Waals surface area contributed by atoms with E-state index in [0.29, 0.717) is 27.1 Å². The zero-order valence-corrected chi connectivity index (χ0v) is 10.7. The van der Waals surface area contributed by atoms with Crippen LogP contribution in [-0.4, -0.2) is 18.8 Å². The van der Waals surface area contributed by atoms with Gasteiger partial charge < -0.3 is 4.74 Å². The van der Waals surface area contributed by atoms with Crippen LogP contribution in [0, 0.1) is 0 Å². The van der Waals surface area contributed by atoms with Crippen molar-refractivity contribution < 1.29 is 9.53 Å². The van der Waals surface area contributed by atoms with Crippen LogP contribution >= 0.6 is 35.0 Å². The molecule has 82 valence electrons. The highest BCUT2D eigenvalue weighted by molar-refractivity contribution is 7.98. The number of esters is 1. The summed E-state index contributed by atoms with van der Waals surface area (Å²) in [6.45, 7) is 2.07. The third-order valence-corrected chi connectivity index (χ3v) is 3.51. The van der Waals surface area contributed by atoms with E-state index in [1.54, 1.807) is 19.1 Å². The molecule has 5 heteroatoms. The Hall–Kier alpha value is -0.380. The molecule has 0 heterocycles. The molecular formula is C10H10Cl2O2S. The van der Waals surface area contributed by atoms with Crippen molar-refractivity contribution >= 4 is 40.9 Å². The number of hydrogen-bond acceptors (Lipinski definition) is 3. The van der Waals surface area contributed by atoms with Gasteiger partial charge in [-0.2, -0.15) is 0 Å². The first-order valence-electron chi connectivity index (χ1n) is 4.31. The van der Waals surface area contributed by atoms with E-state index in [0.717, 1.165) is 0 Å². The van der Waals surface area contributed by atoms with Gasteiger partial charge in [0.05, 0.1) is 22.2 Å². The summed E-state index contributed by atoms with van der Waals surface area (Å²) in [4.78, 5) is 12.2. The van der Waals surface area contributed by atoms with E-state index in [2.05, 4.69) is 0 Å². The lowest BCUT2D eigenvalue weighted by Crippen LogP contribution is -2.05. The van der Waals surface area contributed by atoms with Crippen LogP contribution in [0.25, 0.3) is 0 Å². The molecule has 0 saturated heterocycles. The largest absolute Gasteiger partial charge is 0.462 e. The van der Waals surface area contributed by atoms with Gasteiger partial charge in [-0.3, -0.25) is 0 Å². The molecule has 0 N–H and O–H groups in total. The van der Waals surface area contributed by atoms with E-state index in [-0.39, 0.29) is 0 Å². The summed E-state index contributed by atoms with van der Waals surface area (Å²) in [5, 5.41) is 0.897. The average molecular weight is 265 g/mol. The van der Waals surface area contributed by atoms with Crippen molar-refractivity contribution in [3.63, 3.8) is 0 Å². The molecule has 0 aliphatic rings. The molecule has 1 rings (SSSR count). The molecule has 1 aromatic rings. The summed E-state index contributed by atoms with van der Waals surface area (Å²) < 4.78 is 4.87.